The molecule has 0 saturated heterocycles. The number of rotatable bonds is 8. The van der Waals surface area contributed by atoms with Crippen LogP contribution in [0.25, 0.3) is 0 Å². The SMILES string of the molecule is CC(C)c1cccc(C(C)C)c1NC(=O)COC(=O)COc1ccc(F)cc1. The monoisotopic (exact) mass is 387 g/mol. The molecule has 0 aliphatic heterocycles. The minimum Gasteiger partial charge on any atom is -0.482 e. The molecule has 0 fully saturated rings. The molecule has 0 heterocycles. The van der Waals surface area contributed by atoms with Gasteiger partial charge >= 0.3 is 5.97 Å². The first-order valence-corrected chi connectivity index (χ1v) is 9.24. The van der Waals surface area contributed by atoms with Gasteiger partial charge in [0.05, 0.1) is 0 Å². The lowest BCUT2D eigenvalue weighted by molar-refractivity contribution is -0.149. The van der Waals surface area contributed by atoms with E-state index in [9.17, 15) is 14.0 Å². The van der Waals surface area contributed by atoms with Crippen molar-refractivity contribution in [3.8, 4) is 5.75 Å². The van der Waals surface area contributed by atoms with Crippen molar-refractivity contribution in [2.75, 3.05) is 18.5 Å². The van der Waals surface area contributed by atoms with Crippen LogP contribution in [0.5, 0.6) is 5.75 Å². The van der Waals surface area contributed by atoms with Crippen molar-refractivity contribution < 1.29 is 23.5 Å². The van der Waals surface area contributed by atoms with Gasteiger partial charge in [0.2, 0.25) is 0 Å². The lowest BCUT2D eigenvalue weighted by Gasteiger charge is -2.20. The summed E-state index contributed by atoms with van der Waals surface area (Å²) in [5.74, 6) is -0.670. The van der Waals surface area contributed by atoms with Crippen molar-refractivity contribution in [3.63, 3.8) is 0 Å². The minimum absolute atomic E-state index is 0.237. The maximum absolute atomic E-state index is 12.8. The van der Waals surface area contributed by atoms with Gasteiger partial charge in [-0.05, 0) is 47.2 Å². The van der Waals surface area contributed by atoms with Crippen molar-refractivity contribution in [3.05, 3.63) is 59.4 Å². The highest BCUT2D eigenvalue weighted by atomic mass is 19.1. The zero-order valence-corrected chi connectivity index (χ0v) is 16.6. The van der Waals surface area contributed by atoms with Crippen LogP contribution in [0.4, 0.5) is 10.1 Å². The van der Waals surface area contributed by atoms with Crippen LogP contribution in [-0.2, 0) is 14.3 Å². The summed E-state index contributed by atoms with van der Waals surface area (Å²) < 4.78 is 23.0. The molecule has 0 aliphatic rings. The number of benzene rings is 2. The van der Waals surface area contributed by atoms with Crippen LogP contribution in [0.1, 0.15) is 50.7 Å². The maximum Gasteiger partial charge on any atom is 0.344 e. The number of carbonyl (C=O) groups excluding carboxylic acids is 2. The molecule has 1 N–H and O–H groups in total. The van der Waals surface area contributed by atoms with Gasteiger partial charge in [-0.15, -0.1) is 0 Å². The number of hydrogen-bond donors (Lipinski definition) is 1. The summed E-state index contributed by atoms with van der Waals surface area (Å²) in [6.07, 6.45) is 0. The minimum atomic E-state index is -0.680. The van der Waals surface area contributed by atoms with Crippen molar-refractivity contribution in [1.29, 1.82) is 0 Å². The lowest BCUT2D eigenvalue weighted by atomic mass is 9.92. The van der Waals surface area contributed by atoms with E-state index in [-0.39, 0.29) is 18.4 Å². The second-order valence-electron chi connectivity index (χ2n) is 7.07. The van der Waals surface area contributed by atoms with Crippen LogP contribution in [0.3, 0.4) is 0 Å². The Kier molecular flexibility index (Phi) is 7.55. The standard InChI is InChI=1S/C22H26FNO4/c1-14(2)18-6-5-7-19(15(3)4)22(18)24-20(25)12-28-21(26)13-27-17-10-8-16(23)9-11-17/h5-11,14-15H,12-13H2,1-4H3,(H,24,25). The molecule has 1 amide bonds. The molecule has 0 aliphatic carbocycles. The topological polar surface area (TPSA) is 64.6 Å². The first kappa shape index (κ1) is 21.4. The number of anilines is 1. The van der Waals surface area contributed by atoms with Crippen LogP contribution in [0.2, 0.25) is 0 Å². The number of ether oxygens (including phenoxy) is 2. The second kappa shape index (κ2) is 9.88. The Morgan fingerprint density at radius 1 is 0.929 bits per heavy atom. The predicted octanol–water partition coefficient (Wildman–Crippen LogP) is 4.63. The summed E-state index contributed by atoms with van der Waals surface area (Å²) in [7, 11) is 0. The summed E-state index contributed by atoms with van der Waals surface area (Å²) in [6.45, 7) is 7.46. The summed E-state index contributed by atoms with van der Waals surface area (Å²) in [6, 6.07) is 11.2. The normalized spacial score (nSPS) is 10.8. The van der Waals surface area contributed by atoms with Gasteiger partial charge in [0, 0.05) is 5.69 Å². The molecule has 0 saturated carbocycles. The van der Waals surface area contributed by atoms with Crippen LogP contribution < -0.4 is 10.1 Å². The third kappa shape index (κ3) is 6.08. The molecule has 28 heavy (non-hydrogen) atoms. The van der Waals surface area contributed by atoms with E-state index in [2.05, 4.69) is 33.0 Å². The third-order valence-corrected chi connectivity index (χ3v) is 4.17. The Bertz CT molecular complexity index is 790. The molecule has 0 atom stereocenters. The highest BCUT2D eigenvalue weighted by Gasteiger charge is 2.17. The fraction of sp³-hybridized carbons (Fsp3) is 0.364. The van der Waals surface area contributed by atoms with Crippen molar-refractivity contribution in [2.24, 2.45) is 0 Å². The van der Waals surface area contributed by atoms with Gasteiger partial charge in [-0.1, -0.05) is 45.9 Å². The molecular weight excluding hydrogens is 361 g/mol. The Balaban J connectivity index is 1.91. The van der Waals surface area contributed by atoms with Crippen molar-refractivity contribution in [2.45, 2.75) is 39.5 Å². The fourth-order valence-electron chi connectivity index (χ4n) is 2.73. The smallest absolute Gasteiger partial charge is 0.344 e. The van der Waals surface area contributed by atoms with Gasteiger partial charge in [-0.25, -0.2) is 9.18 Å². The van der Waals surface area contributed by atoms with Gasteiger partial charge < -0.3 is 14.8 Å². The average molecular weight is 387 g/mol. The van der Waals surface area contributed by atoms with Crippen LogP contribution in [-0.4, -0.2) is 25.1 Å². The maximum atomic E-state index is 12.8. The molecule has 2 aromatic carbocycles. The number of esters is 1. The molecule has 0 radical (unpaired) electrons. The molecule has 0 aromatic heterocycles. The van der Waals surface area contributed by atoms with Gasteiger partial charge in [-0.2, -0.15) is 0 Å². The number of halogens is 1. The molecule has 6 heteroatoms. The van der Waals surface area contributed by atoms with Crippen molar-refractivity contribution in [1.82, 2.24) is 0 Å². The highest BCUT2D eigenvalue weighted by molar-refractivity contribution is 5.94. The average Bonchev–Trinajstić information content (AvgIpc) is 2.65. The van der Waals surface area contributed by atoms with E-state index in [0.717, 1.165) is 16.8 Å². The Morgan fingerprint density at radius 2 is 1.50 bits per heavy atom. The largest absolute Gasteiger partial charge is 0.482 e. The summed E-state index contributed by atoms with van der Waals surface area (Å²) in [5, 5.41) is 2.88. The van der Waals surface area contributed by atoms with E-state index < -0.39 is 24.3 Å². The first-order valence-electron chi connectivity index (χ1n) is 9.24. The highest BCUT2D eigenvalue weighted by Crippen LogP contribution is 2.32. The zero-order chi connectivity index (χ0) is 20.7. The second-order valence-corrected chi connectivity index (χ2v) is 7.07. The summed E-state index contributed by atoms with van der Waals surface area (Å²) >= 11 is 0. The van der Waals surface area contributed by atoms with Crippen LogP contribution in [0, 0.1) is 5.82 Å². The third-order valence-electron chi connectivity index (χ3n) is 4.17. The number of nitrogens with one attached hydrogen (secondary N) is 1. The lowest BCUT2D eigenvalue weighted by Crippen LogP contribution is -2.24. The first-order chi connectivity index (χ1) is 13.3. The van der Waals surface area contributed by atoms with E-state index in [1.165, 1.54) is 24.3 Å². The number of amides is 1. The van der Waals surface area contributed by atoms with E-state index >= 15 is 0 Å². The zero-order valence-electron chi connectivity index (χ0n) is 16.6. The van der Waals surface area contributed by atoms with Crippen LogP contribution >= 0.6 is 0 Å². The molecule has 0 unspecified atom stereocenters. The van der Waals surface area contributed by atoms with Crippen LogP contribution in [0.15, 0.2) is 42.5 Å². The van der Waals surface area contributed by atoms with Gasteiger partial charge in [-0.3, -0.25) is 4.79 Å². The van der Waals surface area contributed by atoms with E-state index in [4.69, 9.17) is 9.47 Å². The van der Waals surface area contributed by atoms with Gasteiger partial charge in [0.15, 0.2) is 13.2 Å². The van der Waals surface area contributed by atoms with Gasteiger partial charge in [0.1, 0.15) is 11.6 Å². The number of carbonyl (C=O) groups is 2. The van der Waals surface area contributed by atoms with Gasteiger partial charge in [0.25, 0.3) is 5.91 Å². The van der Waals surface area contributed by atoms with E-state index in [0.29, 0.717) is 5.75 Å². The quantitative estimate of drug-likeness (QED) is 0.671. The van der Waals surface area contributed by atoms with Crippen molar-refractivity contribution >= 4 is 17.6 Å². The molecule has 0 spiro atoms. The molecular formula is C22H26FNO4. The molecule has 2 rings (SSSR count). The van der Waals surface area contributed by atoms with E-state index in [1.54, 1.807) is 0 Å². The Hall–Kier alpha value is -2.89. The predicted molar refractivity (Wildman–Crippen MR) is 106 cm³/mol. The number of para-hydroxylation sites is 1. The summed E-state index contributed by atoms with van der Waals surface area (Å²) in [5.41, 5.74) is 2.84. The Labute approximate surface area is 164 Å². The molecule has 2 aromatic rings. The molecule has 150 valence electrons. The molecule has 5 nitrogen and oxygen atoms in total. The van der Waals surface area contributed by atoms with E-state index in [1.807, 2.05) is 18.2 Å². The molecule has 0 bridgehead atoms. The number of hydrogen-bond acceptors (Lipinski definition) is 4. The Morgan fingerprint density at radius 3 is 2.04 bits per heavy atom. The summed E-state index contributed by atoms with van der Waals surface area (Å²) in [4.78, 5) is 24.1. The fourth-order valence-corrected chi connectivity index (χ4v) is 2.73.